The zero-order chi connectivity index (χ0) is 36.6. The number of hydrogen-bond donors (Lipinski definition) is 0. The van der Waals surface area contributed by atoms with Gasteiger partial charge in [0, 0.05) is 43.4 Å². The summed E-state index contributed by atoms with van der Waals surface area (Å²) >= 11 is 0. The van der Waals surface area contributed by atoms with Crippen molar-refractivity contribution in [3.63, 3.8) is 0 Å². The van der Waals surface area contributed by atoms with Crippen molar-refractivity contribution in [2.75, 3.05) is 0 Å². The van der Waals surface area contributed by atoms with Crippen molar-refractivity contribution in [1.82, 2.24) is 13.7 Å². The summed E-state index contributed by atoms with van der Waals surface area (Å²) in [6.07, 6.45) is 0. The Morgan fingerprint density at radius 1 is 0.327 bits per heavy atom. The Labute approximate surface area is 316 Å². The Morgan fingerprint density at radius 3 is 1.42 bits per heavy atom. The van der Waals surface area contributed by atoms with Crippen molar-refractivity contribution in [1.29, 1.82) is 10.5 Å². The summed E-state index contributed by atoms with van der Waals surface area (Å²) in [4.78, 5) is 0. The quantitative estimate of drug-likeness (QED) is 0.184. The molecule has 5 heteroatoms. The Hall–Kier alpha value is -7.86. The molecule has 8 aromatic carbocycles. The van der Waals surface area contributed by atoms with Gasteiger partial charge in [0.1, 0.15) is 6.07 Å². The fraction of sp³-hybridized carbons (Fsp3) is 0. The summed E-state index contributed by atoms with van der Waals surface area (Å²) in [5.41, 5.74) is 12.0. The van der Waals surface area contributed by atoms with Crippen molar-refractivity contribution in [2.45, 2.75) is 0 Å². The van der Waals surface area contributed by atoms with Gasteiger partial charge in [-0.2, -0.15) is 10.5 Å². The standard InChI is InChI=1S/C50H29N5/c51-30-32-27-28-39-37-16-4-9-23-45(37)54(49(39)29-32)42-20-6-1-13-34(42)33-18-11-25-47(41(33)31-52)55-46-24-10-5-17-38(46)40-19-12-26-48(50(40)55)53-43-21-7-2-14-35(43)36-15-3-8-22-44(36)53/h1-29H. The number of rotatable bonds is 4. The van der Waals surface area contributed by atoms with Gasteiger partial charge in [-0.25, -0.2) is 0 Å². The van der Waals surface area contributed by atoms with Gasteiger partial charge in [-0.15, -0.1) is 0 Å². The van der Waals surface area contributed by atoms with Gasteiger partial charge in [0.15, 0.2) is 0 Å². The first-order valence-electron chi connectivity index (χ1n) is 18.3. The van der Waals surface area contributed by atoms with Crippen LogP contribution in [-0.2, 0) is 0 Å². The average Bonchev–Trinajstić information content (AvgIpc) is 3.89. The largest absolute Gasteiger partial charge is 0.309 e. The molecule has 11 aromatic rings. The summed E-state index contributed by atoms with van der Waals surface area (Å²) in [6.45, 7) is 0. The van der Waals surface area contributed by atoms with Crippen LogP contribution in [0.3, 0.4) is 0 Å². The van der Waals surface area contributed by atoms with Gasteiger partial charge >= 0.3 is 0 Å². The first kappa shape index (κ1) is 30.7. The molecule has 0 fully saturated rings. The lowest BCUT2D eigenvalue weighted by molar-refractivity contribution is 1.12. The zero-order valence-corrected chi connectivity index (χ0v) is 29.5. The van der Waals surface area contributed by atoms with Crippen molar-refractivity contribution in [3.8, 4) is 40.3 Å². The molecule has 0 saturated carbocycles. The zero-order valence-electron chi connectivity index (χ0n) is 29.5. The maximum absolute atomic E-state index is 11.3. The molecule has 0 aliphatic carbocycles. The maximum atomic E-state index is 11.3. The number of nitriles is 2. The fourth-order valence-corrected chi connectivity index (χ4v) is 8.88. The molecule has 3 aromatic heterocycles. The molecule has 0 aliphatic heterocycles. The minimum Gasteiger partial charge on any atom is -0.309 e. The van der Waals surface area contributed by atoms with E-state index in [0.717, 1.165) is 82.8 Å². The molecule has 0 aliphatic rings. The highest BCUT2D eigenvalue weighted by molar-refractivity contribution is 6.15. The van der Waals surface area contributed by atoms with Crippen LogP contribution >= 0.6 is 0 Å². The second kappa shape index (κ2) is 11.8. The minimum absolute atomic E-state index is 0.577. The number of benzene rings is 8. The SMILES string of the molecule is N#Cc1ccc2c3ccccc3n(-c3ccccc3-c3cccc(-n4c5ccccc5c5cccc(-n6c7ccccc7c7ccccc76)c54)c3C#N)c2c1. The van der Waals surface area contributed by atoms with Crippen LogP contribution in [0, 0.1) is 22.7 Å². The van der Waals surface area contributed by atoms with Crippen LogP contribution in [0.15, 0.2) is 176 Å². The van der Waals surface area contributed by atoms with Crippen LogP contribution in [0.25, 0.3) is 93.6 Å². The van der Waals surface area contributed by atoms with E-state index >= 15 is 0 Å². The lowest BCUT2D eigenvalue weighted by Crippen LogP contribution is -2.04. The predicted molar refractivity (Wildman–Crippen MR) is 224 cm³/mol. The monoisotopic (exact) mass is 699 g/mol. The first-order valence-corrected chi connectivity index (χ1v) is 18.3. The molecule has 0 N–H and O–H groups in total. The minimum atomic E-state index is 0.577. The Bertz CT molecular complexity index is 3420. The van der Waals surface area contributed by atoms with Crippen LogP contribution < -0.4 is 0 Å². The van der Waals surface area contributed by atoms with Crippen LogP contribution in [0.1, 0.15) is 11.1 Å². The van der Waals surface area contributed by atoms with E-state index in [9.17, 15) is 10.5 Å². The highest BCUT2D eigenvalue weighted by Gasteiger charge is 2.23. The maximum Gasteiger partial charge on any atom is 0.102 e. The molecule has 0 saturated heterocycles. The molecule has 3 heterocycles. The van der Waals surface area contributed by atoms with E-state index in [1.54, 1.807) is 0 Å². The Morgan fingerprint density at radius 2 is 0.782 bits per heavy atom. The Kier molecular flexibility index (Phi) is 6.61. The fourth-order valence-electron chi connectivity index (χ4n) is 8.88. The number of aromatic nitrogens is 3. The third-order valence-corrected chi connectivity index (χ3v) is 11.1. The highest BCUT2D eigenvalue weighted by Crippen LogP contribution is 2.43. The van der Waals surface area contributed by atoms with E-state index in [1.165, 1.54) is 10.8 Å². The van der Waals surface area contributed by atoms with Crippen molar-refractivity contribution < 1.29 is 0 Å². The van der Waals surface area contributed by atoms with E-state index in [4.69, 9.17) is 0 Å². The first-order chi connectivity index (χ1) is 27.2. The van der Waals surface area contributed by atoms with Gasteiger partial charge < -0.3 is 13.7 Å². The van der Waals surface area contributed by atoms with Gasteiger partial charge in [0.2, 0.25) is 0 Å². The molecule has 0 amide bonds. The van der Waals surface area contributed by atoms with Gasteiger partial charge in [-0.3, -0.25) is 0 Å². The molecule has 0 radical (unpaired) electrons. The Balaban J connectivity index is 1.23. The lowest BCUT2D eigenvalue weighted by Gasteiger charge is -2.18. The molecule has 0 spiro atoms. The number of fused-ring (bicyclic) bond motifs is 9. The van der Waals surface area contributed by atoms with Crippen LogP contribution in [0.4, 0.5) is 0 Å². The third-order valence-electron chi connectivity index (χ3n) is 11.1. The topological polar surface area (TPSA) is 62.4 Å². The molecule has 5 nitrogen and oxygen atoms in total. The summed E-state index contributed by atoms with van der Waals surface area (Å²) in [7, 11) is 0. The summed E-state index contributed by atoms with van der Waals surface area (Å²) in [5.74, 6) is 0. The normalized spacial score (nSPS) is 11.6. The van der Waals surface area contributed by atoms with Crippen LogP contribution in [-0.4, -0.2) is 13.7 Å². The van der Waals surface area contributed by atoms with Gasteiger partial charge in [0.05, 0.1) is 67.4 Å². The van der Waals surface area contributed by atoms with E-state index in [2.05, 4.69) is 159 Å². The lowest BCUT2D eigenvalue weighted by atomic mass is 9.96. The number of para-hydroxylation sites is 6. The molecular weight excluding hydrogens is 671 g/mol. The van der Waals surface area contributed by atoms with E-state index in [0.29, 0.717) is 11.1 Å². The van der Waals surface area contributed by atoms with Gasteiger partial charge in [-0.1, -0.05) is 121 Å². The third kappa shape index (κ3) is 4.33. The van der Waals surface area contributed by atoms with Crippen LogP contribution in [0.2, 0.25) is 0 Å². The molecule has 0 bridgehead atoms. The molecule has 254 valence electrons. The van der Waals surface area contributed by atoms with Gasteiger partial charge in [0.25, 0.3) is 0 Å². The molecule has 55 heavy (non-hydrogen) atoms. The second-order valence-electron chi connectivity index (χ2n) is 13.9. The second-order valence-corrected chi connectivity index (χ2v) is 13.9. The molecule has 11 rings (SSSR count). The summed E-state index contributed by atoms with van der Waals surface area (Å²) < 4.78 is 6.88. The van der Waals surface area contributed by atoms with Crippen molar-refractivity contribution >= 4 is 65.4 Å². The highest BCUT2D eigenvalue weighted by atomic mass is 15.1. The molecular formula is C50H29N5. The summed E-state index contributed by atoms with van der Waals surface area (Å²) in [6, 6.07) is 65.8. The number of nitrogens with zero attached hydrogens (tertiary/aromatic N) is 5. The smallest absolute Gasteiger partial charge is 0.102 e. The van der Waals surface area contributed by atoms with Crippen molar-refractivity contribution in [2.24, 2.45) is 0 Å². The van der Waals surface area contributed by atoms with Gasteiger partial charge in [-0.05, 0) is 54.6 Å². The molecule has 0 unspecified atom stereocenters. The van der Waals surface area contributed by atoms with E-state index in [1.807, 2.05) is 42.5 Å². The van der Waals surface area contributed by atoms with Crippen molar-refractivity contribution in [3.05, 3.63) is 187 Å². The predicted octanol–water partition coefficient (Wildman–Crippen LogP) is 12.4. The van der Waals surface area contributed by atoms with E-state index in [-0.39, 0.29) is 0 Å². The van der Waals surface area contributed by atoms with E-state index < -0.39 is 0 Å². The molecule has 0 atom stereocenters. The average molecular weight is 700 g/mol. The summed E-state index contributed by atoms with van der Waals surface area (Å²) in [5, 5.41) is 28.0. The number of hydrogen-bond acceptors (Lipinski definition) is 2. The van der Waals surface area contributed by atoms with Crippen LogP contribution in [0.5, 0.6) is 0 Å².